The molecule has 9 heteroatoms. The number of rotatable bonds is 7. The molecule has 6 nitrogen and oxygen atoms in total. The molecule has 1 rings (SSSR count). The number of esters is 1. The summed E-state index contributed by atoms with van der Waals surface area (Å²) in [4.78, 5) is 21.6. The Bertz CT molecular complexity index is 539. The van der Waals surface area contributed by atoms with E-state index in [0.717, 1.165) is 6.07 Å². The third kappa shape index (κ3) is 4.82. The van der Waals surface area contributed by atoms with Crippen LogP contribution in [0.4, 0.5) is 14.5 Å². The molecule has 0 aliphatic heterocycles. The second-order valence-corrected chi connectivity index (χ2v) is 4.12. The molecule has 0 saturated heterocycles. The number of nitro groups is 1. The summed E-state index contributed by atoms with van der Waals surface area (Å²) < 4.78 is 33.5. The lowest BCUT2D eigenvalue weighted by atomic mass is 10.1. The van der Waals surface area contributed by atoms with Gasteiger partial charge in [-0.25, -0.2) is 0 Å². The molecule has 0 aliphatic rings. The van der Waals surface area contributed by atoms with Gasteiger partial charge in [0.25, 0.3) is 0 Å². The highest BCUT2D eigenvalue weighted by atomic mass is 35.5. The molecule has 1 aromatic rings. The van der Waals surface area contributed by atoms with Gasteiger partial charge in [0.2, 0.25) is 5.75 Å². The van der Waals surface area contributed by atoms with Crippen molar-refractivity contribution in [1.82, 2.24) is 0 Å². The van der Waals surface area contributed by atoms with Crippen molar-refractivity contribution in [3.63, 3.8) is 0 Å². The average molecular weight is 324 g/mol. The number of carbonyl (C=O) groups is 1. The fourth-order valence-electron chi connectivity index (χ4n) is 1.70. The lowest BCUT2D eigenvalue weighted by Gasteiger charge is -2.11. The Labute approximate surface area is 123 Å². The van der Waals surface area contributed by atoms with E-state index in [-0.39, 0.29) is 18.1 Å². The van der Waals surface area contributed by atoms with Crippen LogP contribution in [0.5, 0.6) is 5.75 Å². The quantitative estimate of drug-likeness (QED) is 0.333. The van der Waals surface area contributed by atoms with E-state index < -0.39 is 35.4 Å². The molecule has 0 N–H and O–H groups in total. The van der Waals surface area contributed by atoms with Gasteiger partial charge in [-0.15, -0.1) is 11.6 Å². The van der Waals surface area contributed by atoms with Gasteiger partial charge in [0, 0.05) is 11.4 Å². The third-order valence-corrected chi connectivity index (χ3v) is 2.72. The van der Waals surface area contributed by atoms with E-state index in [1.807, 2.05) is 0 Å². The minimum absolute atomic E-state index is 0.0760. The monoisotopic (exact) mass is 323 g/mol. The lowest BCUT2D eigenvalue weighted by molar-refractivity contribution is -0.387. The number of hydrogen-bond donors (Lipinski definition) is 0. The first-order valence-corrected chi connectivity index (χ1v) is 6.39. The largest absolute Gasteiger partial charge is 0.466 e. The number of nitrogens with zero attached hydrogens (tertiary/aromatic N) is 1. The molecule has 0 atom stereocenters. The predicted molar refractivity (Wildman–Crippen MR) is 69.6 cm³/mol. The number of carbonyl (C=O) groups excluding carboxylic acids is 1. The van der Waals surface area contributed by atoms with Crippen LogP contribution in [0, 0.1) is 10.1 Å². The maximum absolute atomic E-state index is 12.3. The van der Waals surface area contributed by atoms with Crippen molar-refractivity contribution >= 4 is 23.3 Å². The summed E-state index contributed by atoms with van der Waals surface area (Å²) in [5, 5.41) is 11.1. The molecule has 0 saturated carbocycles. The van der Waals surface area contributed by atoms with Crippen LogP contribution in [-0.2, 0) is 21.8 Å². The van der Waals surface area contributed by atoms with E-state index in [0.29, 0.717) is 5.56 Å². The molecular formula is C12H12ClF2NO5. The molecule has 0 bridgehead atoms. The number of halogens is 3. The van der Waals surface area contributed by atoms with Crippen molar-refractivity contribution in [2.24, 2.45) is 0 Å². The summed E-state index contributed by atoms with van der Waals surface area (Å²) in [5.74, 6) is -1.42. The number of nitro benzene ring substituents is 1. The summed E-state index contributed by atoms with van der Waals surface area (Å²) in [6, 6.07) is 2.34. The van der Waals surface area contributed by atoms with Gasteiger partial charge in [0.05, 0.1) is 18.0 Å². The Balaban J connectivity index is 3.30. The zero-order valence-electron chi connectivity index (χ0n) is 11.0. The maximum Gasteiger partial charge on any atom is 0.387 e. The number of alkyl halides is 3. The van der Waals surface area contributed by atoms with E-state index in [1.165, 1.54) is 6.07 Å². The highest BCUT2D eigenvalue weighted by molar-refractivity contribution is 6.17. The summed E-state index contributed by atoms with van der Waals surface area (Å²) in [6.45, 7) is -1.56. The average Bonchev–Trinajstić information content (AvgIpc) is 2.37. The molecule has 0 heterocycles. The summed E-state index contributed by atoms with van der Waals surface area (Å²) in [6.07, 6.45) is -0.436. The van der Waals surface area contributed by atoms with Crippen LogP contribution in [0.25, 0.3) is 0 Å². The van der Waals surface area contributed by atoms with E-state index in [9.17, 15) is 23.7 Å². The second kappa shape index (κ2) is 7.72. The molecule has 1 aromatic carbocycles. The molecule has 21 heavy (non-hydrogen) atoms. The highest BCUT2D eigenvalue weighted by Gasteiger charge is 2.26. The predicted octanol–water partition coefficient (Wildman–Crippen LogP) is 3.04. The van der Waals surface area contributed by atoms with E-state index in [2.05, 4.69) is 4.74 Å². The van der Waals surface area contributed by atoms with Crippen LogP contribution in [0.1, 0.15) is 18.1 Å². The van der Waals surface area contributed by atoms with Crippen LogP contribution in [0.3, 0.4) is 0 Å². The highest BCUT2D eigenvalue weighted by Crippen LogP contribution is 2.34. The Morgan fingerprint density at radius 2 is 2.14 bits per heavy atom. The van der Waals surface area contributed by atoms with Crippen molar-refractivity contribution in [2.75, 3.05) is 6.61 Å². The smallest absolute Gasteiger partial charge is 0.387 e. The zero-order chi connectivity index (χ0) is 16.0. The van der Waals surface area contributed by atoms with Crippen LogP contribution in [-0.4, -0.2) is 24.1 Å². The Morgan fingerprint density at radius 3 is 2.62 bits per heavy atom. The Hall–Kier alpha value is -1.96. The molecule has 0 aromatic heterocycles. The minimum Gasteiger partial charge on any atom is -0.466 e. The summed E-state index contributed by atoms with van der Waals surface area (Å²) in [7, 11) is 0. The minimum atomic E-state index is -3.23. The molecule has 0 aliphatic carbocycles. The van der Waals surface area contributed by atoms with Crippen molar-refractivity contribution in [1.29, 1.82) is 0 Å². The fourth-order valence-corrected chi connectivity index (χ4v) is 1.86. The van der Waals surface area contributed by atoms with Crippen LogP contribution in [0.15, 0.2) is 12.1 Å². The van der Waals surface area contributed by atoms with Gasteiger partial charge in [-0.2, -0.15) is 8.78 Å². The molecule has 0 unspecified atom stereocenters. The fraction of sp³-hybridized carbons (Fsp3) is 0.417. The van der Waals surface area contributed by atoms with Gasteiger partial charge >= 0.3 is 18.3 Å². The van der Waals surface area contributed by atoms with Crippen molar-refractivity contribution in [3.05, 3.63) is 33.4 Å². The topological polar surface area (TPSA) is 78.7 Å². The molecule has 0 spiro atoms. The van der Waals surface area contributed by atoms with E-state index in [1.54, 1.807) is 6.92 Å². The number of benzene rings is 1. The van der Waals surface area contributed by atoms with Gasteiger partial charge in [0.1, 0.15) is 0 Å². The van der Waals surface area contributed by atoms with Gasteiger partial charge < -0.3 is 9.47 Å². The van der Waals surface area contributed by atoms with Gasteiger partial charge in [-0.3, -0.25) is 14.9 Å². The Morgan fingerprint density at radius 1 is 1.48 bits per heavy atom. The van der Waals surface area contributed by atoms with Gasteiger partial charge in [-0.1, -0.05) is 0 Å². The third-order valence-electron chi connectivity index (χ3n) is 2.41. The van der Waals surface area contributed by atoms with Crippen LogP contribution >= 0.6 is 11.6 Å². The lowest BCUT2D eigenvalue weighted by Crippen LogP contribution is -2.12. The van der Waals surface area contributed by atoms with Gasteiger partial charge in [0.15, 0.2) is 0 Å². The van der Waals surface area contributed by atoms with E-state index in [4.69, 9.17) is 16.3 Å². The first-order valence-electron chi connectivity index (χ1n) is 5.85. The molecular weight excluding hydrogens is 312 g/mol. The molecule has 0 amide bonds. The van der Waals surface area contributed by atoms with Gasteiger partial charge in [-0.05, 0) is 24.6 Å². The maximum atomic E-state index is 12.3. The van der Waals surface area contributed by atoms with Crippen molar-refractivity contribution < 1.29 is 28.0 Å². The molecule has 0 radical (unpaired) electrons. The molecule has 0 fully saturated rings. The first-order chi connectivity index (χ1) is 9.88. The van der Waals surface area contributed by atoms with Crippen molar-refractivity contribution in [3.8, 4) is 5.75 Å². The zero-order valence-corrected chi connectivity index (χ0v) is 11.7. The van der Waals surface area contributed by atoms with E-state index >= 15 is 0 Å². The summed E-state index contributed by atoms with van der Waals surface area (Å²) >= 11 is 5.61. The standard InChI is InChI=1S/C12H12ClF2NO5/c1-2-20-10(17)5-8-3-7(6-13)4-9(21-12(14)15)11(8)16(18)19/h3-4,12H,2,5-6H2,1H3. The number of hydrogen-bond acceptors (Lipinski definition) is 5. The Kier molecular flexibility index (Phi) is 6.29. The molecule has 116 valence electrons. The van der Waals surface area contributed by atoms with Crippen LogP contribution in [0.2, 0.25) is 0 Å². The number of ether oxygens (including phenoxy) is 2. The first kappa shape index (κ1) is 17.1. The normalized spacial score (nSPS) is 10.5. The van der Waals surface area contributed by atoms with Crippen LogP contribution < -0.4 is 4.74 Å². The summed E-state index contributed by atoms with van der Waals surface area (Å²) in [5.41, 5.74) is -0.471. The second-order valence-electron chi connectivity index (χ2n) is 3.85. The SMILES string of the molecule is CCOC(=O)Cc1cc(CCl)cc(OC(F)F)c1[N+](=O)[O-]. The van der Waals surface area contributed by atoms with Crippen molar-refractivity contribution in [2.45, 2.75) is 25.8 Å².